The molecule has 0 radical (unpaired) electrons. The summed E-state index contributed by atoms with van der Waals surface area (Å²) in [4.78, 5) is 37.3. The lowest BCUT2D eigenvalue weighted by atomic mass is 9.92. The maximum atomic E-state index is 13.8. The molecular weight excluding hydrogens is 624 g/mol. The molecule has 0 unspecified atom stereocenters. The molecule has 4 heterocycles. The minimum atomic E-state index is -0.916. The summed E-state index contributed by atoms with van der Waals surface area (Å²) < 4.78 is 23.6. The van der Waals surface area contributed by atoms with Gasteiger partial charge < -0.3 is 38.8 Å². The van der Waals surface area contributed by atoms with Crippen molar-refractivity contribution in [1.82, 2.24) is 9.80 Å². The van der Waals surface area contributed by atoms with Crippen molar-refractivity contribution < 1.29 is 33.6 Å². The minimum absolute atomic E-state index is 0.0758. The van der Waals surface area contributed by atoms with E-state index in [9.17, 15) is 14.7 Å². The van der Waals surface area contributed by atoms with E-state index in [4.69, 9.17) is 18.9 Å². The molecule has 49 heavy (non-hydrogen) atoms. The summed E-state index contributed by atoms with van der Waals surface area (Å²) >= 11 is 0. The molecule has 4 aliphatic rings. The van der Waals surface area contributed by atoms with Crippen LogP contribution in [0.4, 0.5) is 11.4 Å². The smallest absolute Gasteiger partial charge is 0.260 e. The topological polar surface area (TPSA) is 113 Å². The van der Waals surface area contributed by atoms with Crippen LogP contribution in [-0.4, -0.2) is 83.7 Å². The van der Waals surface area contributed by atoms with Crippen molar-refractivity contribution in [1.29, 1.82) is 0 Å². The SMILES string of the molecule is COc1cc2c(cc1OCCCCCOc1cc3c(cc1OC)C(=O)N1C=C(C)C[C@@]1(C)[C@H](O)N3C(C)C)N=C[C@]1(C)CC(C)=CN1C2=O. The lowest BCUT2D eigenvalue weighted by Gasteiger charge is -2.43. The number of ether oxygens (including phenoxy) is 4. The van der Waals surface area contributed by atoms with E-state index < -0.39 is 17.3 Å². The Labute approximate surface area is 288 Å². The summed E-state index contributed by atoms with van der Waals surface area (Å²) in [5, 5.41) is 11.7. The second-order valence-electron chi connectivity index (χ2n) is 14.3. The highest BCUT2D eigenvalue weighted by molar-refractivity contribution is 6.05. The van der Waals surface area contributed by atoms with E-state index >= 15 is 0 Å². The molecule has 0 aromatic heterocycles. The fourth-order valence-corrected chi connectivity index (χ4v) is 7.54. The first-order valence-corrected chi connectivity index (χ1v) is 17.0. The van der Waals surface area contributed by atoms with Gasteiger partial charge in [0.2, 0.25) is 0 Å². The summed E-state index contributed by atoms with van der Waals surface area (Å²) in [5.41, 5.74) is 3.04. The Morgan fingerprint density at radius 3 is 2.02 bits per heavy atom. The van der Waals surface area contributed by atoms with Crippen molar-refractivity contribution >= 4 is 29.4 Å². The van der Waals surface area contributed by atoms with Gasteiger partial charge in [-0.05, 0) is 85.8 Å². The first-order valence-electron chi connectivity index (χ1n) is 17.0. The fourth-order valence-electron chi connectivity index (χ4n) is 7.54. The van der Waals surface area contributed by atoms with Crippen LogP contribution >= 0.6 is 0 Å². The highest BCUT2D eigenvalue weighted by Crippen LogP contribution is 2.46. The molecule has 0 saturated carbocycles. The van der Waals surface area contributed by atoms with Crippen molar-refractivity contribution in [2.24, 2.45) is 4.99 Å². The number of nitrogens with zero attached hydrogens (tertiary/aromatic N) is 4. The van der Waals surface area contributed by atoms with E-state index in [0.717, 1.165) is 36.8 Å². The predicted octanol–water partition coefficient (Wildman–Crippen LogP) is 6.61. The number of hydrogen-bond acceptors (Lipinski definition) is 9. The molecule has 2 aromatic carbocycles. The summed E-state index contributed by atoms with van der Waals surface area (Å²) in [5.74, 6) is 1.74. The van der Waals surface area contributed by atoms with Crippen LogP contribution in [0.1, 0.15) is 94.4 Å². The zero-order valence-corrected chi connectivity index (χ0v) is 29.8. The number of unbranched alkanes of at least 4 members (excludes halogenated alkanes) is 2. The molecule has 3 atom stereocenters. The molecule has 0 aliphatic carbocycles. The third-order valence-corrected chi connectivity index (χ3v) is 9.98. The quantitative estimate of drug-likeness (QED) is 0.266. The summed E-state index contributed by atoms with van der Waals surface area (Å²) in [6.07, 6.45) is 8.38. The molecule has 4 aliphatic heterocycles. The highest BCUT2D eigenvalue weighted by Gasteiger charge is 2.51. The normalized spacial score (nSPS) is 24.1. The Morgan fingerprint density at radius 2 is 1.39 bits per heavy atom. The van der Waals surface area contributed by atoms with Crippen molar-refractivity contribution in [3.05, 3.63) is 58.9 Å². The van der Waals surface area contributed by atoms with Crippen LogP contribution in [-0.2, 0) is 0 Å². The number of benzene rings is 2. The van der Waals surface area contributed by atoms with E-state index in [1.54, 1.807) is 42.2 Å². The molecule has 6 rings (SSSR count). The van der Waals surface area contributed by atoms with Crippen LogP contribution in [0.3, 0.4) is 0 Å². The number of hydrogen-bond donors (Lipinski definition) is 1. The first kappa shape index (κ1) is 34.4. The van der Waals surface area contributed by atoms with Gasteiger partial charge in [-0.3, -0.25) is 14.6 Å². The molecule has 0 spiro atoms. The van der Waals surface area contributed by atoms with E-state index in [1.807, 2.05) is 71.1 Å². The zero-order valence-electron chi connectivity index (χ0n) is 29.8. The van der Waals surface area contributed by atoms with Crippen LogP contribution in [0, 0.1) is 0 Å². The molecule has 2 aromatic rings. The number of anilines is 1. The molecule has 11 heteroatoms. The highest BCUT2D eigenvalue weighted by atomic mass is 16.5. The van der Waals surface area contributed by atoms with Crippen LogP contribution in [0.25, 0.3) is 0 Å². The van der Waals surface area contributed by atoms with Crippen molar-refractivity contribution in [2.75, 3.05) is 32.3 Å². The zero-order chi connectivity index (χ0) is 35.2. The van der Waals surface area contributed by atoms with Gasteiger partial charge >= 0.3 is 0 Å². The van der Waals surface area contributed by atoms with Crippen LogP contribution in [0.2, 0.25) is 0 Å². The Balaban J connectivity index is 1.09. The van der Waals surface area contributed by atoms with Gasteiger partial charge in [-0.15, -0.1) is 0 Å². The lowest BCUT2D eigenvalue weighted by molar-refractivity contribution is 0.0138. The standard InChI is InChI=1S/C38H48N4O7/c1-23(2)42-29-17-33(31(47-8)15-27(29)35(44)41-21-25(4)19-38(41,6)36(42)45)49-13-11-9-10-12-48-32-16-28-26(14-30(32)46-7)34(43)40-20-24(3)18-37(40,5)22-39-28/h14-17,20-23,36,45H,9-13,18-19H2,1-8H3/t36-,37-,38-/m0/s1. The van der Waals surface area contributed by atoms with Gasteiger partial charge in [-0.1, -0.05) is 11.1 Å². The molecule has 262 valence electrons. The van der Waals surface area contributed by atoms with E-state index in [2.05, 4.69) is 4.99 Å². The van der Waals surface area contributed by atoms with Gasteiger partial charge in [0.1, 0.15) is 0 Å². The number of aliphatic hydroxyl groups is 1. The molecule has 0 bridgehead atoms. The van der Waals surface area contributed by atoms with Crippen molar-refractivity contribution in [3.8, 4) is 23.0 Å². The van der Waals surface area contributed by atoms with Gasteiger partial charge in [0.05, 0.1) is 61.0 Å². The third-order valence-electron chi connectivity index (χ3n) is 9.98. The molecule has 0 saturated heterocycles. The molecule has 11 nitrogen and oxygen atoms in total. The van der Waals surface area contributed by atoms with Crippen molar-refractivity contribution in [3.63, 3.8) is 0 Å². The summed E-state index contributed by atoms with van der Waals surface area (Å²) in [6.45, 7) is 12.8. The van der Waals surface area contributed by atoms with Crippen LogP contribution in [0.15, 0.2) is 52.8 Å². The Bertz CT molecular complexity index is 1750. The van der Waals surface area contributed by atoms with Gasteiger partial charge in [0, 0.05) is 36.8 Å². The van der Waals surface area contributed by atoms with E-state index in [1.165, 1.54) is 0 Å². The average molecular weight is 673 g/mol. The van der Waals surface area contributed by atoms with Gasteiger partial charge in [0.15, 0.2) is 29.2 Å². The maximum absolute atomic E-state index is 13.8. The second-order valence-corrected chi connectivity index (χ2v) is 14.3. The van der Waals surface area contributed by atoms with Crippen molar-refractivity contribution in [2.45, 2.75) is 97.0 Å². The Hall–Kier alpha value is -4.51. The van der Waals surface area contributed by atoms with Crippen LogP contribution < -0.4 is 23.8 Å². The van der Waals surface area contributed by atoms with Gasteiger partial charge in [-0.25, -0.2) is 0 Å². The second kappa shape index (κ2) is 13.1. The molecule has 0 fully saturated rings. The number of methoxy groups -OCH3 is 2. The largest absolute Gasteiger partial charge is 0.493 e. The first-order chi connectivity index (χ1) is 23.3. The van der Waals surface area contributed by atoms with E-state index in [0.29, 0.717) is 65.1 Å². The monoisotopic (exact) mass is 672 g/mol. The summed E-state index contributed by atoms with van der Waals surface area (Å²) in [6, 6.07) is 6.97. The lowest BCUT2D eigenvalue weighted by Crippen LogP contribution is -2.58. The number of amides is 2. The third kappa shape index (κ3) is 6.02. The molecule has 1 N–H and O–H groups in total. The number of carbonyl (C=O) groups excluding carboxylic acids is 2. The molecule has 2 amide bonds. The Kier molecular flexibility index (Phi) is 9.17. The average Bonchev–Trinajstić information content (AvgIpc) is 3.51. The number of aliphatic hydroxyl groups excluding tert-OH is 1. The number of rotatable bonds is 11. The van der Waals surface area contributed by atoms with Crippen LogP contribution in [0.5, 0.6) is 23.0 Å². The van der Waals surface area contributed by atoms with Gasteiger partial charge in [-0.2, -0.15) is 0 Å². The summed E-state index contributed by atoms with van der Waals surface area (Å²) in [7, 11) is 3.13. The fraction of sp³-hybridized carbons (Fsp3) is 0.500. The van der Waals surface area contributed by atoms with Gasteiger partial charge in [0.25, 0.3) is 11.8 Å². The predicted molar refractivity (Wildman–Crippen MR) is 188 cm³/mol. The Morgan fingerprint density at radius 1 is 0.816 bits per heavy atom. The number of carbonyl (C=O) groups is 2. The number of aliphatic imine (C=N–C) groups is 1. The minimum Gasteiger partial charge on any atom is -0.493 e. The maximum Gasteiger partial charge on any atom is 0.260 e. The number of fused-ring (bicyclic) bond motifs is 4. The molecular formula is C38H48N4O7. The van der Waals surface area contributed by atoms with E-state index in [-0.39, 0.29) is 17.9 Å².